The Balaban J connectivity index is 2.10. The van der Waals surface area contributed by atoms with Crippen LogP contribution in [0.25, 0.3) is 11.0 Å². The first-order valence-electron chi connectivity index (χ1n) is 10.9. The molecular weight excluding hydrogens is 434 g/mol. The number of benzene rings is 1. The van der Waals surface area contributed by atoms with Crippen LogP contribution in [-0.2, 0) is 6.54 Å². The van der Waals surface area contributed by atoms with E-state index >= 15 is 0 Å². The average molecular weight is 463 g/mol. The highest BCUT2D eigenvalue weighted by molar-refractivity contribution is 6.08. The minimum Gasteiger partial charge on any atom is -0.383 e. The number of nitrogens with zero attached hydrogens (tertiary/aromatic N) is 3. The number of imidazole rings is 1. The van der Waals surface area contributed by atoms with Crippen LogP contribution >= 0.6 is 0 Å². The third-order valence-electron chi connectivity index (χ3n) is 5.35. The van der Waals surface area contributed by atoms with E-state index in [1.807, 2.05) is 20.8 Å². The van der Waals surface area contributed by atoms with Crippen molar-refractivity contribution in [3.05, 3.63) is 50.4 Å². The fraction of sp³-hybridized carbons (Fsp3) is 0.455. The van der Waals surface area contributed by atoms with Crippen molar-refractivity contribution in [2.75, 3.05) is 17.2 Å². The molecule has 3 rings (SSSR count). The summed E-state index contributed by atoms with van der Waals surface area (Å²) < 4.78 is 27.2. The Bertz CT molecular complexity index is 1260. The Kier molecular flexibility index (Phi) is 7.29. The van der Waals surface area contributed by atoms with E-state index in [2.05, 4.69) is 15.0 Å². The molecule has 1 amide bonds. The molecule has 0 aliphatic heterocycles. The van der Waals surface area contributed by atoms with E-state index in [1.54, 1.807) is 0 Å². The van der Waals surface area contributed by atoms with Crippen molar-refractivity contribution in [3.8, 4) is 0 Å². The van der Waals surface area contributed by atoms with Crippen LogP contribution in [0.4, 0.5) is 20.3 Å². The first-order valence-corrected chi connectivity index (χ1v) is 10.9. The molecule has 0 atom stereocenters. The first kappa shape index (κ1) is 24.1. The number of fused-ring (bicyclic) bond motifs is 1. The topological polar surface area (TPSA) is 130 Å². The van der Waals surface area contributed by atoms with Crippen LogP contribution in [0.3, 0.4) is 0 Å². The van der Waals surface area contributed by atoms with Gasteiger partial charge in [-0.15, -0.1) is 0 Å². The van der Waals surface area contributed by atoms with E-state index in [1.165, 1.54) is 27.7 Å². The Hall–Kier alpha value is -3.50. The van der Waals surface area contributed by atoms with Gasteiger partial charge in [-0.2, -0.15) is 0 Å². The minimum atomic E-state index is -2.78. The Morgan fingerprint density at radius 3 is 2.61 bits per heavy atom. The third-order valence-corrected chi connectivity index (χ3v) is 5.35. The summed E-state index contributed by atoms with van der Waals surface area (Å²) in [6.45, 7) is 6.38. The number of nitrogens with one attached hydrogen (secondary N) is 2. The van der Waals surface area contributed by atoms with Crippen molar-refractivity contribution in [2.24, 2.45) is 5.92 Å². The molecule has 0 aliphatic rings. The second-order valence-corrected chi connectivity index (χ2v) is 8.29. The summed E-state index contributed by atoms with van der Waals surface area (Å²) in [5.41, 5.74) is 5.46. The van der Waals surface area contributed by atoms with Gasteiger partial charge < -0.3 is 15.6 Å². The van der Waals surface area contributed by atoms with E-state index in [4.69, 9.17) is 5.73 Å². The standard InChI is InChI=1S/C22H28F2N6O3/c1-4-5-9-30-18(25)16(20(31)28-22(30)33)29(10-8-12(2)3)21(32)13-6-7-14-15(11-13)27-19(26-14)17(23)24/h6-7,11-12,17H,4-5,8-10,25H2,1-3H3,(H,26,27)(H,28,31,33). The lowest BCUT2D eigenvalue weighted by molar-refractivity contribution is 0.0985. The van der Waals surface area contributed by atoms with Gasteiger partial charge in [-0.25, -0.2) is 18.6 Å². The maximum absolute atomic E-state index is 13.5. The molecule has 1 aromatic carbocycles. The highest BCUT2D eigenvalue weighted by atomic mass is 19.3. The first-order chi connectivity index (χ1) is 15.6. The zero-order valence-corrected chi connectivity index (χ0v) is 18.8. The number of amides is 1. The number of unbranched alkanes of at least 4 members (excludes halogenated alkanes) is 1. The lowest BCUT2D eigenvalue weighted by atomic mass is 10.1. The van der Waals surface area contributed by atoms with E-state index < -0.39 is 29.4 Å². The van der Waals surface area contributed by atoms with Crippen LogP contribution in [0.5, 0.6) is 0 Å². The van der Waals surface area contributed by atoms with Gasteiger partial charge in [0.25, 0.3) is 17.9 Å². The predicted molar refractivity (Wildman–Crippen MR) is 123 cm³/mol. The van der Waals surface area contributed by atoms with Crippen LogP contribution in [0, 0.1) is 5.92 Å². The molecule has 9 nitrogen and oxygen atoms in total. The van der Waals surface area contributed by atoms with Crippen molar-refractivity contribution < 1.29 is 13.6 Å². The fourth-order valence-corrected chi connectivity index (χ4v) is 3.50. The summed E-state index contributed by atoms with van der Waals surface area (Å²) in [5, 5.41) is 0. The number of aromatic nitrogens is 4. The largest absolute Gasteiger partial charge is 0.383 e. The SMILES string of the molecule is CCCCn1c(N)c(N(CCC(C)C)C(=O)c2ccc3nc(C(F)F)[nH]c3c2)c(=O)[nH]c1=O. The number of carbonyl (C=O) groups excluding carboxylic acids is 1. The maximum Gasteiger partial charge on any atom is 0.330 e. The Morgan fingerprint density at radius 2 is 1.97 bits per heavy atom. The molecule has 0 bridgehead atoms. The molecule has 0 radical (unpaired) electrons. The van der Waals surface area contributed by atoms with Gasteiger partial charge in [0, 0.05) is 18.7 Å². The molecule has 33 heavy (non-hydrogen) atoms. The lowest BCUT2D eigenvalue weighted by Gasteiger charge is -2.25. The third kappa shape index (κ3) is 5.12. The molecule has 0 saturated carbocycles. The molecule has 3 aromatic rings. The van der Waals surface area contributed by atoms with Crippen LogP contribution in [0.1, 0.15) is 62.6 Å². The highest BCUT2D eigenvalue weighted by Gasteiger charge is 2.26. The summed E-state index contributed by atoms with van der Waals surface area (Å²) in [6, 6.07) is 4.33. The average Bonchev–Trinajstić information content (AvgIpc) is 3.19. The molecule has 0 fully saturated rings. The molecular formula is C22H28F2N6O3. The molecule has 178 valence electrons. The van der Waals surface area contributed by atoms with Crippen LogP contribution in [-0.4, -0.2) is 32.0 Å². The Labute approximate surface area is 188 Å². The van der Waals surface area contributed by atoms with Crippen molar-refractivity contribution >= 4 is 28.4 Å². The monoisotopic (exact) mass is 462 g/mol. The number of hydrogen-bond donors (Lipinski definition) is 3. The summed E-state index contributed by atoms with van der Waals surface area (Å²) in [4.78, 5) is 48.4. The second-order valence-electron chi connectivity index (χ2n) is 8.29. The van der Waals surface area contributed by atoms with Gasteiger partial charge in [0.1, 0.15) is 5.82 Å². The molecule has 0 unspecified atom stereocenters. The van der Waals surface area contributed by atoms with E-state index in [-0.39, 0.29) is 35.0 Å². The molecule has 2 heterocycles. The number of alkyl halides is 2. The molecule has 2 aromatic heterocycles. The van der Waals surface area contributed by atoms with Gasteiger partial charge in [-0.1, -0.05) is 27.2 Å². The minimum absolute atomic E-state index is 0.0862. The number of hydrogen-bond acceptors (Lipinski definition) is 5. The van der Waals surface area contributed by atoms with E-state index in [9.17, 15) is 23.2 Å². The maximum atomic E-state index is 13.5. The van der Waals surface area contributed by atoms with E-state index in [0.717, 1.165) is 6.42 Å². The number of aromatic amines is 2. The van der Waals surface area contributed by atoms with Crippen molar-refractivity contribution in [1.29, 1.82) is 0 Å². The van der Waals surface area contributed by atoms with Gasteiger partial charge in [-0.05, 0) is 37.0 Å². The number of H-pyrrole nitrogens is 2. The molecule has 11 heteroatoms. The normalized spacial score (nSPS) is 11.6. The van der Waals surface area contributed by atoms with Crippen LogP contribution < -0.4 is 21.9 Å². The van der Waals surface area contributed by atoms with Gasteiger partial charge in [0.2, 0.25) is 0 Å². The second kappa shape index (κ2) is 9.97. The van der Waals surface area contributed by atoms with Gasteiger partial charge >= 0.3 is 5.69 Å². The fourth-order valence-electron chi connectivity index (χ4n) is 3.50. The van der Waals surface area contributed by atoms with Crippen molar-refractivity contribution in [3.63, 3.8) is 0 Å². The summed E-state index contributed by atoms with van der Waals surface area (Å²) in [6.07, 6.45) is -0.734. The number of halogens is 2. The molecule has 4 N–H and O–H groups in total. The summed E-state index contributed by atoms with van der Waals surface area (Å²) >= 11 is 0. The molecule has 0 aliphatic carbocycles. The predicted octanol–water partition coefficient (Wildman–Crippen LogP) is 3.43. The zero-order valence-electron chi connectivity index (χ0n) is 18.8. The van der Waals surface area contributed by atoms with E-state index in [0.29, 0.717) is 24.9 Å². The summed E-state index contributed by atoms with van der Waals surface area (Å²) in [7, 11) is 0. The summed E-state index contributed by atoms with van der Waals surface area (Å²) in [5.74, 6) is -0.897. The molecule has 0 spiro atoms. The van der Waals surface area contributed by atoms with Gasteiger partial charge in [-0.3, -0.25) is 19.1 Å². The number of nitrogen functional groups attached to an aromatic ring is 1. The van der Waals surface area contributed by atoms with Crippen LogP contribution in [0.2, 0.25) is 0 Å². The zero-order chi connectivity index (χ0) is 24.3. The number of nitrogens with two attached hydrogens (primary N) is 1. The lowest BCUT2D eigenvalue weighted by Crippen LogP contribution is -2.42. The van der Waals surface area contributed by atoms with Gasteiger partial charge in [0.05, 0.1) is 11.0 Å². The number of rotatable bonds is 9. The van der Waals surface area contributed by atoms with Gasteiger partial charge in [0.15, 0.2) is 11.5 Å². The van der Waals surface area contributed by atoms with Crippen molar-refractivity contribution in [1.82, 2.24) is 19.5 Å². The Morgan fingerprint density at radius 1 is 1.24 bits per heavy atom. The molecule has 0 saturated heterocycles. The van der Waals surface area contributed by atoms with Crippen LogP contribution in [0.15, 0.2) is 27.8 Å². The highest BCUT2D eigenvalue weighted by Crippen LogP contribution is 2.24. The quantitative estimate of drug-likeness (QED) is 0.449. The number of anilines is 2. The number of carbonyl (C=O) groups is 1. The smallest absolute Gasteiger partial charge is 0.330 e. The van der Waals surface area contributed by atoms with Crippen molar-refractivity contribution in [2.45, 2.75) is 53.0 Å².